The molecule has 5 fully saturated rings. The number of hydrogen-bond donors (Lipinski definition) is 0. The first kappa shape index (κ1) is 26.1. The fourth-order valence-corrected chi connectivity index (χ4v) is 12.2. The summed E-state index contributed by atoms with van der Waals surface area (Å²) >= 11 is 0. The summed E-state index contributed by atoms with van der Waals surface area (Å²) in [6.45, 7) is 16.4. The largest absolute Gasteiger partial charge is 0.346 e. The highest BCUT2D eigenvalue weighted by atomic mass is 31.2. The van der Waals surface area contributed by atoms with E-state index in [1.165, 1.54) is 57.8 Å². The molecule has 3 saturated carbocycles. The molecule has 2 aliphatic heterocycles. The highest BCUT2D eigenvalue weighted by Gasteiger charge is 2.59. The average Bonchev–Trinajstić information content (AvgIpc) is 3.73. The lowest BCUT2D eigenvalue weighted by Crippen LogP contribution is -2.51. The fraction of sp³-hybridized carbons (Fsp3) is 0.935. The maximum absolute atomic E-state index is 13.6. The van der Waals surface area contributed by atoms with Crippen LogP contribution in [0.25, 0.3) is 0 Å². The van der Waals surface area contributed by atoms with Gasteiger partial charge in [-0.05, 0) is 97.7 Å². The van der Waals surface area contributed by atoms with Crippen LogP contribution in [0.5, 0.6) is 0 Å². The van der Waals surface area contributed by atoms with Crippen LogP contribution >= 0.6 is 7.67 Å². The van der Waals surface area contributed by atoms with Crippen LogP contribution in [0.15, 0.2) is 11.6 Å². The van der Waals surface area contributed by atoms with Crippen LogP contribution < -0.4 is 0 Å². The molecule has 0 aromatic rings. The summed E-state index contributed by atoms with van der Waals surface area (Å²) in [5.74, 6) is 5.30. The van der Waals surface area contributed by atoms with Crippen molar-refractivity contribution in [1.29, 1.82) is 0 Å². The zero-order valence-corrected chi connectivity index (χ0v) is 24.8. The fourth-order valence-electron chi connectivity index (χ4n) is 9.84. The summed E-state index contributed by atoms with van der Waals surface area (Å²) in [4.78, 5) is 0. The standard InChI is InChI=1S/C31H53N2O2P/c1-22(2)7-6-8-23(3)27-11-12-28-26-10-9-24-21-25(35-36(34,32-17-18-32)33-19-20-33)13-15-30(24,4)29(26)14-16-31(27,28)5/h9,22-23,25-29H,6-8,10-21H2,1-5H3/t23-,25+,26-,27+,28-,29-,30+,31-/m1/s1. The molecule has 0 radical (unpaired) electrons. The number of fused-ring (bicyclic) bond motifs is 5. The molecule has 2 saturated heterocycles. The lowest BCUT2D eigenvalue weighted by atomic mass is 9.47. The molecule has 0 aromatic carbocycles. The highest BCUT2D eigenvalue weighted by Crippen LogP contribution is 2.68. The zero-order valence-electron chi connectivity index (χ0n) is 23.9. The van der Waals surface area contributed by atoms with Gasteiger partial charge in [0.2, 0.25) is 0 Å². The van der Waals surface area contributed by atoms with E-state index in [0.717, 1.165) is 74.5 Å². The summed E-state index contributed by atoms with van der Waals surface area (Å²) in [5, 5.41) is 0. The van der Waals surface area contributed by atoms with Crippen molar-refractivity contribution in [3.63, 3.8) is 0 Å². The average molecular weight is 517 g/mol. The van der Waals surface area contributed by atoms with Gasteiger partial charge in [0.1, 0.15) is 0 Å². The molecule has 0 spiro atoms. The van der Waals surface area contributed by atoms with Gasteiger partial charge >= 0.3 is 7.67 Å². The molecule has 5 heteroatoms. The van der Waals surface area contributed by atoms with E-state index in [0.29, 0.717) is 10.8 Å². The Kier molecular flexibility index (Phi) is 6.88. The van der Waals surface area contributed by atoms with E-state index in [2.05, 4.69) is 50.0 Å². The first-order valence-corrected chi connectivity index (χ1v) is 17.2. The van der Waals surface area contributed by atoms with Gasteiger partial charge in [-0.3, -0.25) is 4.57 Å². The smallest absolute Gasteiger partial charge is 0.302 e. The van der Waals surface area contributed by atoms with Crippen LogP contribution in [-0.2, 0) is 9.09 Å². The highest BCUT2D eigenvalue weighted by molar-refractivity contribution is 7.54. The minimum Gasteiger partial charge on any atom is -0.302 e. The molecule has 4 nitrogen and oxygen atoms in total. The van der Waals surface area contributed by atoms with Gasteiger partial charge in [0.05, 0.1) is 6.10 Å². The SMILES string of the molecule is CC(C)CCC[C@@H](C)[C@@H]1CC[C@@H]2[C@H]3CC=C4C[C@@H](OP(=O)(N5CC5)N5CC5)CC[C@]4(C)[C@@H]3CC[C@@]21C. The van der Waals surface area contributed by atoms with Gasteiger partial charge in [0.15, 0.2) is 0 Å². The summed E-state index contributed by atoms with van der Waals surface area (Å²) in [7, 11) is -2.72. The van der Waals surface area contributed by atoms with Crippen LogP contribution in [0.2, 0.25) is 0 Å². The second-order valence-corrected chi connectivity index (χ2v) is 17.0. The summed E-state index contributed by atoms with van der Waals surface area (Å²) in [6.07, 6.45) is 17.5. The third-order valence-electron chi connectivity index (χ3n) is 12.1. The topological polar surface area (TPSA) is 32.3 Å². The van der Waals surface area contributed by atoms with Crippen LogP contribution in [0.4, 0.5) is 0 Å². The minimum absolute atomic E-state index is 0.143. The quantitative estimate of drug-likeness (QED) is 0.176. The molecule has 8 atom stereocenters. The molecule has 0 N–H and O–H groups in total. The number of nitrogens with zero attached hydrogens (tertiary/aromatic N) is 2. The Morgan fingerprint density at radius 1 is 0.972 bits per heavy atom. The van der Waals surface area contributed by atoms with Crippen LogP contribution in [0.1, 0.15) is 105 Å². The number of hydrogen-bond acceptors (Lipinski definition) is 2. The lowest BCUT2D eigenvalue weighted by molar-refractivity contribution is -0.0562. The normalized spacial score (nSPS) is 43.5. The third-order valence-corrected chi connectivity index (χ3v) is 14.9. The maximum Gasteiger partial charge on any atom is 0.346 e. The molecule has 36 heavy (non-hydrogen) atoms. The van der Waals surface area contributed by atoms with Gasteiger partial charge in [-0.25, -0.2) is 9.34 Å². The van der Waals surface area contributed by atoms with Crippen molar-refractivity contribution in [3.8, 4) is 0 Å². The van der Waals surface area contributed by atoms with Crippen LogP contribution in [0, 0.1) is 46.3 Å². The second-order valence-electron chi connectivity index (χ2n) is 14.7. The van der Waals surface area contributed by atoms with E-state index in [1.54, 1.807) is 5.57 Å². The Morgan fingerprint density at radius 3 is 2.36 bits per heavy atom. The predicted molar refractivity (Wildman–Crippen MR) is 149 cm³/mol. The lowest BCUT2D eigenvalue weighted by Gasteiger charge is -2.58. The molecule has 0 amide bonds. The Hall–Kier alpha value is -0.150. The predicted octanol–water partition coefficient (Wildman–Crippen LogP) is 8.15. The minimum atomic E-state index is -2.72. The molecular formula is C31H53N2O2P. The number of rotatable bonds is 9. The molecule has 4 aliphatic carbocycles. The molecule has 0 unspecified atom stereocenters. The molecule has 6 rings (SSSR count). The van der Waals surface area contributed by atoms with Crippen LogP contribution in [-0.4, -0.2) is 41.6 Å². The van der Waals surface area contributed by atoms with Gasteiger partial charge < -0.3 is 4.52 Å². The maximum atomic E-state index is 13.6. The van der Waals surface area contributed by atoms with E-state index in [1.807, 2.05) is 0 Å². The Labute approximate surface area is 221 Å². The summed E-state index contributed by atoms with van der Waals surface area (Å²) < 4.78 is 24.3. The van der Waals surface area contributed by atoms with Crippen molar-refractivity contribution in [3.05, 3.63) is 11.6 Å². The first-order valence-electron chi connectivity index (χ1n) is 15.6. The Bertz CT molecular complexity index is 894. The van der Waals surface area contributed by atoms with Gasteiger partial charge in [-0.2, -0.15) is 0 Å². The van der Waals surface area contributed by atoms with Crippen LogP contribution in [0.3, 0.4) is 0 Å². The van der Waals surface area contributed by atoms with Crippen molar-refractivity contribution in [1.82, 2.24) is 9.34 Å². The Balaban J connectivity index is 1.14. The Morgan fingerprint density at radius 2 is 1.69 bits per heavy atom. The summed E-state index contributed by atoms with van der Waals surface area (Å²) in [6, 6.07) is 0. The molecule has 204 valence electrons. The van der Waals surface area contributed by atoms with Crippen molar-refractivity contribution >= 4 is 7.67 Å². The van der Waals surface area contributed by atoms with Crippen molar-refractivity contribution in [2.24, 2.45) is 46.3 Å². The third kappa shape index (κ3) is 4.43. The molecule has 6 aliphatic rings. The van der Waals surface area contributed by atoms with E-state index >= 15 is 0 Å². The van der Waals surface area contributed by atoms with E-state index in [4.69, 9.17) is 4.52 Å². The van der Waals surface area contributed by atoms with E-state index in [-0.39, 0.29) is 6.10 Å². The molecule has 0 aromatic heterocycles. The zero-order chi connectivity index (χ0) is 25.3. The van der Waals surface area contributed by atoms with E-state index < -0.39 is 7.67 Å². The molecule has 2 heterocycles. The monoisotopic (exact) mass is 516 g/mol. The van der Waals surface area contributed by atoms with Crippen molar-refractivity contribution in [2.75, 3.05) is 26.2 Å². The second kappa shape index (κ2) is 9.50. The first-order chi connectivity index (χ1) is 17.1. The van der Waals surface area contributed by atoms with Gasteiger partial charge in [0, 0.05) is 26.2 Å². The van der Waals surface area contributed by atoms with Gasteiger partial charge in [-0.1, -0.05) is 65.5 Å². The number of allylic oxidation sites excluding steroid dienone is 1. The van der Waals surface area contributed by atoms with E-state index in [9.17, 15) is 4.57 Å². The summed E-state index contributed by atoms with van der Waals surface area (Å²) in [5.41, 5.74) is 2.56. The molecular weight excluding hydrogens is 463 g/mol. The van der Waals surface area contributed by atoms with Gasteiger partial charge in [0.25, 0.3) is 0 Å². The van der Waals surface area contributed by atoms with Crippen molar-refractivity contribution in [2.45, 2.75) is 111 Å². The van der Waals surface area contributed by atoms with Crippen molar-refractivity contribution < 1.29 is 9.09 Å². The molecule has 0 bridgehead atoms. The van der Waals surface area contributed by atoms with Gasteiger partial charge in [-0.15, -0.1) is 0 Å².